The summed E-state index contributed by atoms with van der Waals surface area (Å²) in [5.41, 5.74) is 2.99. The first-order valence-corrected chi connectivity index (χ1v) is 4.84. The van der Waals surface area contributed by atoms with Crippen LogP contribution in [0.25, 0.3) is 6.08 Å². The van der Waals surface area contributed by atoms with Crippen LogP contribution in [0.15, 0.2) is 11.6 Å². The molecule has 0 nitrogen and oxygen atoms in total. The van der Waals surface area contributed by atoms with Gasteiger partial charge in [-0.2, -0.15) is 0 Å². The number of rotatable bonds is 0. The van der Waals surface area contributed by atoms with Crippen LogP contribution >= 0.6 is 11.3 Å². The van der Waals surface area contributed by atoms with E-state index in [4.69, 9.17) is 0 Å². The van der Waals surface area contributed by atoms with Gasteiger partial charge in [0.1, 0.15) is 0 Å². The largest absolute Gasteiger partial charge is 0.145 e. The lowest BCUT2D eigenvalue weighted by atomic mass is 10.0. The third-order valence-electron chi connectivity index (χ3n) is 2.11. The first kappa shape index (κ1) is 7.11. The maximum absolute atomic E-state index is 2.32. The topological polar surface area (TPSA) is 0 Å². The van der Waals surface area contributed by atoms with Gasteiger partial charge >= 0.3 is 0 Å². The molecule has 0 unspecified atom stereocenters. The SMILES string of the molecule is CC1=Cc2cc(C)sc2CC1. The zero-order chi connectivity index (χ0) is 7.84. The van der Waals surface area contributed by atoms with Crippen LogP contribution in [0, 0.1) is 6.92 Å². The lowest BCUT2D eigenvalue weighted by molar-refractivity contribution is 0.948. The summed E-state index contributed by atoms with van der Waals surface area (Å²) in [6.45, 7) is 4.40. The van der Waals surface area contributed by atoms with Crippen molar-refractivity contribution in [2.75, 3.05) is 0 Å². The second kappa shape index (κ2) is 2.49. The third kappa shape index (κ3) is 1.25. The highest BCUT2D eigenvalue weighted by Gasteiger charge is 2.09. The maximum Gasteiger partial charge on any atom is 0.0124 e. The predicted octanol–water partition coefficient (Wildman–Crippen LogP) is 3.41. The molecule has 0 atom stereocenters. The van der Waals surface area contributed by atoms with Crippen LogP contribution in [-0.2, 0) is 6.42 Å². The summed E-state index contributed by atoms with van der Waals surface area (Å²) in [6.07, 6.45) is 4.84. The Kier molecular flexibility index (Phi) is 1.61. The summed E-state index contributed by atoms with van der Waals surface area (Å²) >= 11 is 1.95. The average Bonchev–Trinajstić information content (AvgIpc) is 2.27. The van der Waals surface area contributed by atoms with Crippen molar-refractivity contribution in [3.05, 3.63) is 27.0 Å². The maximum atomic E-state index is 2.32. The molecule has 1 aromatic heterocycles. The zero-order valence-electron chi connectivity index (χ0n) is 6.98. The zero-order valence-corrected chi connectivity index (χ0v) is 7.79. The van der Waals surface area contributed by atoms with E-state index in [9.17, 15) is 0 Å². The Labute approximate surface area is 71.6 Å². The molecule has 58 valence electrons. The molecule has 0 saturated carbocycles. The van der Waals surface area contributed by atoms with E-state index in [1.54, 1.807) is 4.88 Å². The molecular weight excluding hydrogens is 152 g/mol. The Bertz CT molecular complexity index is 305. The standard InChI is InChI=1S/C10H12S/c1-7-3-4-10-9(5-7)6-8(2)11-10/h5-6H,3-4H2,1-2H3. The van der Waals surface area contributed by atoms with Gasteiger partial charge in [0.25, 0.3) is 0 Å². The van der Waals surface area contributed by atoms with Crippen LogP contribution in [0.1, 0.15) is 28.7 Å². The Morgan fingerprint density at radius 1 is 1.27 bits per heavy atom. The van der Waals surface area contributed by atoms with Gasteiger partial charge in [0.05, 0.1) is 0 Å². The fraction of sp³-hybridized carbons (Fsp3) is 0.400. The molecule has 1 aliphatic carbocycles. The minimum atomic E-state index is 1.26. The highest BCUT2D eigenvalue weighted by Crippen LogP contribution is 2.30. The molecule has 1 heterocycles. The molecule has 1 heteroatoms. The van der Waals surface area contributed by atoms with Gasteiger partial charge in [0.15, 0.2) is 0 Å². The number of fused-ring (bicyclic) bond motifs is 1. The molecule has 0 spiro atoms. The average molecular weight is 164 g/mol. The highest BCUT2D eigenvalue weighted by atomic mass is 32.1. The van der Waals surface area contributed by atoms with Crippen molar-refractivity contribution >= 4 is 17.4 Å². The van der Waals surface area contributed by atoms with Gasteiger partial charge in [0, 0.05) is 9.75 Å². The van der Waals surface area contributed by atoms with E-state index >= 15 is 0 Å². The quantitative estimate of drug-likeness (QED) is 0.551. The van der Waals surface area contributed by atoms with Gasteiger partial charge in [-0.3, -0.25) is 0 Å². The van der Waals surface area contributed by atoms with E-state index in [1.807, 2.05) is 11.3 Å². The molecule has 0 saturated heterocycles. The van der Waals surface area contributed by atoms with E-state index < -0.39 is 0 Å². The van der Waals surface area contributed by atoms with Crippen LogP contribution in [0.5, 0.6) is 0 Å². The van der Waals surface area contributed by atoms with E-state index in [2.05, 4.69) is 26.0 Å². The molecule has 0 fully saturated rings. The van der Waals surface area contributed by atoms with Gasteiger partial charge in [-0.1, -0.05) is 11.6 Å². The third-order valence-corrected chi connectivity index (χ3v) is 3.24. The molecule has 11 heavy (non-hydrogen) atoms. The molecule has 1 aromatic rings. The predicted molar refractivity (Wildman–Crippen MR) is 51.0 cm³/mol. The van der Waals surface area contributed by atoms with Crippen molar-refractivity contribution in [3.63, 3.8) is 0 Å². The first-order chi connectivity index (χ1) is 5.25. The van der Waals surface area contributed by atoms with Crippen LogP contribution in [0.2, 0.25) is 0 Å². The van der Waals surface area contributed by atoms with Crippen molar-refractivity contribution in [1.29, 1.82) is 0 Å². The van der Waals surface area contributed by atoms with Crippen LogP contribution in [0.4, 0.5) is 0 Å². The van der Waals surface area contributed by atoms with E-state index in [-0.39, 0.29) is 0 Å². The summed E-state index contributed by atoms with van der Waals surface area (Å²) in [5.74, 6) is 0. The number of hydrogen-bond donors (Lipinski definition) is 0. The summed E-state index contributed by atoms with van der Waals surface area (Å²) in [5, 5.41) is 0. The van der Waals surface area contributed by atoms with Crippen molar-refractivity contribution in [1.82, 2.24) is 0 Å². The van der Waals surface area contributed by atoms with Crippen molar-refractivity contribution in [2.24, 2.45) is 0 Å². The summed E-state index contributed by atoms with van der Waals surface area (Å²) < 4.78 is 0. The molecule has 0 N–H and O–H groups in total. The monoisotopic (exact) mass is 164 g/mol. The molecule has 2 rings (SSSR count). The molecule has 0 amide bonds. The number of aryl methyl sites for hydroxylation is 2. The van der Waals surface area contributed by atoms with Crippen molar-refractivity contribution in [2.45, 2.75) is 26.7 Å². The number of allylic oxidation sites excluding steroid dienone is 1. The lowest BCUT2D eigenvalue weighted by Crippen LogP contribution is -1.91. The van der Waals surface area contributed by atoms with Crippen LogP contribution < -0.4 is 0 Å². The summed E-state index contributed by atoms with van der Waals surface area (Å²) in [7, 11) is 0. The molecular formula is C10H12S. The van der Waals surface area contributed by atoms with Gasteiger partial charge < -0.3 is 0 Å². The first-order valence-electron chi connectivity index (χ1n) is 4.02. The van der Waals surface area contributed by atoms with E-state index in [0.29, 0.717) is 0 Å². The van der Waals surface area contributed by atoms with Crippen molar-refractivity contribution in [3.8, 4) is 0 Å². The van der Waals surface area contributed by atoms with E-state index in [0.717, 1.165) is 0 Å². The Hall–Kier alpha value is -0.560. The number of thiophene rings is 1. The van der Waals surface area contributed by atoms with Crippen LogP contribution in [-0.4, -0.2) is 0 Å². The number of hydrogen-bond acceptors (Lipinski definition) is 1. The Morgan fingerprint density at radius 3 is 2.91 bits per heavy atom. The fourth-order valence-corrected chi connectivity index (χ4v) is 2.56. The minimum Gasteiger partial charge on any atom is -0.145 e. The smallest absolute Gasteiger partial charge is 0.0124 e. The highest BCUT2D eigenvalue weighted by molar-refractivity contribution is 7.12. The second-order valence-corrected chi connectivity index (χ2v) is 4.57. The molecule has 0 aromatic carbocycles. The molecule has 1 aliphatic rings. The summed E-state index contributed by atoms with van der Waals surface area (Å²) in [6, 6.07) is 2.29. The van der Waals surface area contributed by atoms with Gasteiger partial charge in [0.2, 0.25) is 0 Å². The lowest BCUT2D eigenvalue weighted by Gasteiger charge is -2.07. The Morgan fingerprint density at radius 2 is 2.09 bits per heavy atom. The molecule has 0 radical (unpaired) electrons. The molecule has 0 bridgehead atoms. The Balaban J connectivity index is 2.50. The van der Waals surface area contributed by atoms with Crippen LogP contribution in [0.3, 0.4) is 0 Å². The fourth-order valence-electron chi connectivity index (χ4n) is 1.55. The van der Waals surface area contributed by atoms with E-state index in [1.165, 1.54) is 28.9 Å². The van der Waals surface area contributed by atoms with Gasteiger partial charge in [-0.25, -0.2) is 0 Å². The molecule has 0 aliphatic heterocycles. The van der Waals surface area contributed by atoms with Crippen molar-refractivity contribution < 1.29 is 0 Å². The van der Waals surface area contributed by atoms with Gasteiger partial charge in [-0.05, 0) is 38.3 Å². The summed E-state index contributed by atoms with van der Waals surface area (Å²) in [4.78, 5) is 3.02. The second-order valence-electron chi connectivity index (χ2n) is 3.23. The normalized spacial score (nSPS) is 16.0. The van der Waals surface area contributed by atoms with Gasteiger partial charge in [-0.15, -0.1) is 11.3 Å². The minimum absolute atomic E-state index is 1.26.